The second-order valence-corrected chi connectivity index (χ2v) is 4.11. The van der Waals surface area contributed by atoms with E-state index in [-0.39, 0.29) is 6.61 Å². The van der Waals surface area contributed by atoms with Crippen molar-refractivity contribution >= 4 is 5.96 Å². The molecule has 2 unspecified atom stereocenters. The van der Waals surface area contributed by atoms with Crippen LogP contribution in [-0.4, -0.2) is 47.7 Å². The van der Waals surface area contributed by atoms with Crippen LogP contribution in [0.4, 0.5) is 0 Å². The Morgan fingerprint density at radius 1 is 1.64 bits per heavy atom. The summed E-state index contributed by atoms with van der Waals surface area (Å²) in [6, 6.07) is 0.830. The van der Waals surface area contributed by atoms with Gasteiger partial charge in [-0.1, -0.05) is 13.3 Å². The van der Waals surface area contributed by atoms with E-state index in [1.54, 1.807) is 0 Å². The van der Waals surface area contributed by atoms with Crippen molar-refractivity contribution in [3.8, 4) is 0 Å². The van der Waals surface area contributed by atoms with E-state index in [1.165, 1.54) is 12.8 Å². The average Bonchev–Trinajstić information content (AvgIpc) is 2.53. The lowest BCUT2D eigenvalue weighted by atomic mass is 10.1. The van der Waals surface area contributed by atoms with E-state index in [1.807, 2.05) is 0 Å². The minimum Gasteiger partial charge on any atom is -0.394 e. The van der Waals surface area contributed by atoms with E-state index < -0.39 is 0 Å². The number of nitrogens with zero attached hydrogens (tertiary/aromatic N) is 2. The standard InChI is InChI=1S/C10H19N3O/c1-2-3-8-6-11-10(12-8)13-5-4-9(13)7-14/h8-9,14H,2-7H2,1H3,(H,11,12). The minimum absolute atomic E-state index is 0.249. The predicted molar refractivity (Wildman–Crippen MR) is 56.3 cm³/mol. The smallest absolute Gasteiger partial charge is 0.194 e. The molecule has 0 spiro atoms. The molecule has 0 bridgehead atoms. The fourth-order valence-electron chi connectivity index (χ4n) is 2.07. The molecule has 4 heteroatoms. The summed E-state index contributed by atoms with van der Waals surface area (Å²) in [5.74, 6) is 1.01. The molecule has 1 fully saturated rings. The summed E-state index contributed by atoms with van der Waals surface area (Å²) in [5, 5.41) is 12.5. The largest absolute Gasteiger partial charge is 0.394 e. The minimum atomic E-state index is 0.249. The maximum Gasteiger partial charge on any atom is 0.194 e. The Kier molecular flexibility index (Phi) is 2.91. The molecular weight excluding hydrogens is 178 g/mol. The lowest BCUT2D eigenvalue weighted by Crippen LogP contribution is -2.56. The molecule has 14 heavy (non-hydrogen) atoms. The number of aliphatic imine (C=N–C) groups is 1. The summed E-state index contributed by atoms with van der Waals surface area (Å²) < 4.78 is 0. The molecular formula is C10H19N3O. The number of hydrogen-bond acceptors (Lipinski definition) is 4. The number of aliphatic hydroxyl groups excluding tert-OH is 1. The van der Waals surface area contributed by atoms with E-state index in [0.717, 1.165) is 25.5 Å². The first kappa shape index (κ1) is 9.77. The SMILES string of the molecule is CCCC1CN=C(N2CCC2CO)N1. The Hall–Kier alpha value is -0.770. The van der Waals surface area contributed by atoms with Gasteiger partial charge in [-0.2, -0.15) is 0 Å². The Morgan fingerprint density at radius 3 is 3.07 bits per heavy atom. The molecule has 0 aliphatic carbocycles. The normalized spacial score (nSPS) is 31.0. The molecule has 0 aromatic heterocycles. The van der Waals surface area contributed by atoms with Crippen LogP contribution in [0, 0.1) is 0 Å². The monoisotopic (exact) mass is 197 g/mol. The van der Waals surface area contributed by atoms with Crippen LogP contribution >= 0.6 is 0 Å². The van der Waals surface area contributed by atoms with Gasteiger partial charge in [-0.3, -0.25) is 4.99 Å². The number of guanidine groups is 1. The first-order chi connectivity index (χ1) is 6.85. The topological polar surface area (TPSA) is 47.9 Å². The van der Waals surface area contributed by atoms with Gasteiger partial charge in [0.2, 0.25) is 0 Å². The molecule has 2 aliphatic rings. The maximum atomic E-state index is 9.06. The van der Waals surface area contributed by atoms with Crippen molar-refractivity contribution < 1.29 is 5.11 Å². The lowest BCUT2D eigenvalue weighted by Gasteiger charge is -2.41. The van der Waals surface area contributed by atoms with Gasteiger partial charge in [0.1, 0.15) is 0 Å². The van der Waals surface area contributed by atoms with Crippen LogP contribution < -0.4 is 5.32 Å². The quantitative estimate of drug-likeness (QED) is 0.678. The fraction of sp³-hybridized carbons (Fsp3) is 0.900. The summed E-state index contributed by atoms with van der Waals surface area (Å²) in [5.41, 5.74) is 0. The Balaban J connectivity index is 1.83. The highest BCUT2D eigenvalue weighted by Gasteiger charge is 2.32. The highest BCUT2D eigenvalue weighted by atomic mass is 16.3. The van der Waals surface area contributed by atoms with Gasteiger partial charge in [-0.25, -0.2) is 0 Å². The molecule has 2 atom stereocenters. The Bertz CT molecular complexity index is 227. The van der Waals surface area contributed by atoms with Crippen LogP contribution in [0.3, 0.4) is 0 Å². The zero-order valence-electron chi connectivity index (χ0n) is 8.74. The van der Waals surface area contributed by atoms with Gasteiger partial charge in [0.15, 0.2) is 5.96 Å². The van der Waals surface area contributed by atoms with E-state index in [0.29, 0.717) is 12.1 Å². The zero-order chi connectivity index (χ0) is 9.97. The molecule has 0 aromatic rings. The number of nitrogens with one attached hydrogen (secondary N) is 1. The second-order valence-electron chi connectivity index (χ2n) is 4.11. The van der Waals surface area contributed by atoms with Crippen molar-refractivity contribution in [1.82, 2.24) is 10.2 Å². The first-order valence-electron chi connectivity index (χ1n) is 5.53. The average molecular weight is 197 g/mol. The highest BCUT2D eigenvalue weighted by molar-refractivity contribution is 5.83. The summed E-state index contributed by atoms with van der Waals surface area (Å²) in [4.78, 5) is 6.65. The second kappa shape index (κ2) is 4.17. The van der Waals surface area contributed by atoms with Crippen LogP contribution in [0.25, 0.3) is 0 Å². The summed E-state index contributed by atoms with van der Waals surface area (Å²) in [7, 11) is 0. The predicted octanol–water partition coefficient (Wildman–Crippen LogP) is 0.181. The van der Waals surface area contributed by atoms with Crippen molar-refractivity contribution in [3.63, 3.8) is 0 Å². The van der Waals surface area contributed by atoms with Gasteiger partial charge in [-0.15, -0.1) is 0 Å². The zero-order valence-corrected chi connectivity index (χ0v) is 8.74. The molecule has 0 radical (unpaired) electrons. The molecule has 2 aliphatic heterocycles. The van der Waals surface area contributed by atoms with Gasteiger partial charge >= 0.3 is 0 Å². The Labute approximate surface area is 85.0 Å². The van der Waals surface area contributed by atoms with Crippen molar-refractivity contribution in [2.75, 3.05) is 19.7 Å². The molecule has 2 N–H and O–H groups in total. The van der Waals surface area contributed by atoms with Gasteiger partial charge in [0, 0.05) is 12.6 Å². The number of aliphatic hydroxyl groups is 1. The van der Waals surface area contributed by atoms with Crippen molar-refractivity contribution in [1.29, 1.82) is 0 Å². The van der Waals surface area contributed by atoms with Gasteiger partial charge < -0.3 is 15.3 Å². The van der Waals surface area contributed by atoms with Gasteiger partial charge in [-0.05, 0) is 12.8 Å². The third-order valence-electron chi connectivity index (χ3n) is 3.06. The van der Waals surface area contributed by atoms with E-state index in [9.17, 15) is 0 Å². The highest BCUT2D eigenvalue weighted by Crippen LogP contribution is 2.18. The van der Waals surface area contributed by atoms with Gasteiger partial charge in [0.05, 0.1) is 19.2 Å². The van der Waals surface area contributed by atoms with E-state index >= 15 is 0 Å². The Morgan fingerprint density at radius 2 is 2.50 bits per heavy atom. The molecule has 4 nitrogen and oxygen atoms in total. The van der Waals surface area contributed by atoms with E-state index in [4.69, 9.17) is 5.11 Å². The number of hydrogen-bond donors (Lipinski definition) is 2. The first-order valence-corrected chi connectivity index (χ1v) is 5.53. The summed E-state index contributed by atoms with van der Waals surface area (Å²) >= 11 is 0. The molecule has 2 heterocycles. The molecule has 2 rings (SSSR count). The van der Waals surface area contributed by atoms with E-state index in [2.05, 4.69) is 22.1 Å². The third kappa shape index (κ3) is 1.71. The van der Waals surface area contributed by atoms with Crippen molar-refractivity contribution in [3.05, 3.63) is 0 Å². The molecule has 1 saturated heterocycles. The summed E-state index contributed by atoms with van der Waals surface area (Å²) in [6.45, 7) is 4.38. The fourth-order valence-corrected chi connectivity index (χ4v) is 2.07. The van der Waals surface area contributed by atoms with Crippen LogP contribution in [-0.2, 0) is 0 Å². The van der Waals surface area contributed by atoms with Crippen LogP contribution in [0.5, 0.6) is 0 Å². The van der Waals surface area contributed by atoms with Crippen molar-refractivity contribution in [2.45, 2.75) is 38.3 Å². The molecule has 0 aromatic carbocycles. The summed E-state index contributed by atoms with van der Waals surface area (Å²) in [6.07, 6.45) is 3.48. The lowest BCUT2D eigenvalue weighted by molar-refractivity contribution is 0.102. The van der Waals surface area contributed by atoms with Crippen LogP contribution in [0.2, 0.25) is 0 Å². The molecule has 0 saturated carbocycles. The van der Waals surface area contributed by atoms with Crippen molar-refractivity contribution in [2.24, 2.45) is 4.99 Å². The van der Waals surface area contributed by atoms with Crippen LogP contribution in [0.15, 0.2) is 4.99 Å². The molecule has 80 valence electrons. The third-order valence-corrected chi connectivity index (χ3v) is 3.06. The van der Waals surface area contributed by atoms with Gasteiger partial charge in [0.25, 0.3) is 0 Å². The number of likely N-dealkylation sites (tertiary alicyclic amines) is 1. The molecule has 0 amide bonds. The number of rotatable bonds is 3. The maximum absolute atomic E-state index is 9.06. The van der Waals surface area contributed by atoms with Crippen LogP contribution in [0.1, 0.15) is 26.2 Å².